The molecule has 8 heteroatoms. The van der Waals surface area contributed by atoms with E-state index in [1.54, 1.807) is 35.8 Å². The molecule has 3 amide bonds. The third kappa shape index (κ3) is 5.63. The lowest BCUT2D eigenvalue weighted by Gasteiger charge is -2.26. The molecule has 1 saturated carbocycles. The van der Waals surface area contributed by atoms with Crippen molar-refractivity contribution in [3.8, 4) is 0 Å². The van der Waals surface area contributed by atoms with Crippen LogP contribution in [0.4, 0.5) is 5.69 Å². The minimum atomic E-state index is -0.364. The maximum absolute atomic E-state index is 12.8. The number of anilines is 1. The first kappa shape index (κ1) is 20.0. The number of nitrogens with one attached hydrogen (secondary N) is 2. The first-order valence-corrected chi connectivity index (χ1v) is 10.3. The number of thiophene rings is 1. The van der Waals surface area contributed by atoms with E-state index >= 15 is 0 Å². The Kier molecular flexibility index (Phi) is 7.13. The lowest BCUT2D eigenvalue weighted by atomic mass is 9.95. The number of amides is 3. The number of nitrogens with zero attached hydrogens (tertiary/aromatic N) is 2. The zero-order valence-corrected chi connectivity index (χ0v) is 16.4. The molecule has 0 aliphatic heterocycles. The molecule has 0 atom stereocenters. The van der Waals surface area contributed by atoms with E-state index < -0.39 is 0 Å². The SMILES string of the molecule is O=C(CN(C(=O)CNC(=O)c1cccs1)c1cccnc1)NC1CCCCC1. The summed E-state index contributed by atoms with van der Waals surface area (Å²) in [5, 5.41) is 7.44. The van der Waals surface area contributed by atoms with Crippen LogP contribution in [0.1, 0.15) is 41.8 Å². The van der Waals surface area contributed by atoms with Crippen molar-refractivity contribution in [2.45, 2.75) is 38.1 Å². The van der Waals surface area contributed by atoms with Crippen LogP contribution in [-0.2, 0) is 9.59 Å². The van der Waals surface area contributed by atoms with Crippen molar-refractivity contribution in [3.63, 3.8) is 0 Å². The summed E-state index contributed by atoms with van der Waals surface area (Å²) in [6, 6.07) is 7.07. The van der Waals surface area contributed by atoms with Gasteiger partial charge >= 0.3 is 0 Å². The second kappa shape index (κ2) is 9.98. The molecule has 0 radical (unpaired) electrons. The Balaban J connectivity index is 1.62. The topological polar surface area (TPSA) is 91.4 Å². The molecule has 0 bridgehead atoms. The number of pyridine rings is 1. The molecule has 7 nitrogen and oxygen atoms in total. The van der Waals surface area contributed by atoms with Crippen LogP contribution in [0.5, 0.6) is 0 Å². The summed E-state index contributed by atoms with van der Waals surface area (Å²) in [5.74, 6) is -0.869. The lowest BCUT2D eigenvalue weighted by molar-refractivity contribution is -0.124. The Morgan fingerprint density at radius 3 is 2.64 bits per heavy atom. The minimum Gasteiger partial charge on any atom is -0.352 e. The highest BCUT2D eigenvalue weighted by molar-refractivity contribution is 7.12. The first-order chi connectivity index (χ1) is 13.6. The van der Waals surface area contributed by atoms with E-state index in [-0.39, 0.29) is 36.9 Å². The van der Waals surface area contributed by atoms with Gasteiger partial charge in [-0.1, -0.05) is 25.3 Å². The van der Waals surface area contributed by atoms with Gasteiger partial charge in [-0.05, 0) is 36.4 Å². The number of carbonyl (C=O) groups excluding carboxylic acids is 3. The second-order valence-corrected chi connectivity index (χ2v) is 7.70. The van der Waals surface area contributed by atoms with Gasteiger partial charge in [0.25, 0.3) is 5.91 Å². The van der Waals surface area contributed by atoms with Gasteiger partial charge in [0.05, 0.1) is 23.3 Å². The van der Waals surface area contributed by atoms with Crippen LogP contribution in [0.2, 0.25) is 0 Å². The molecule has 0 unspecified atom stereocenters. The van der Waals surface area contributed by atoms with Gasteiger partial charge in [0, 0.05) is 12.2 Å². The fourth-order valence-electron chi connectivity index (χ4n) is 3.25. The van der Waals surface area contributed by atoms with E-state index in [0.29, 0.717) is 10.6 Å². The Bertz CT molecular complexity index is 789. The molecule has 1 aliphatic carbocycles. The standard InChI is InChI=1S/C20H24N4O3S/c25-18(23-15-6-2-1-3-7-15)14-24(16-8-4-10-21-12-16)19(26)13-22-20(27)17-9-5-11-28-17/h4-5,8-12,15H,1-3,6-7,13-14H2,(H,22,27)(H,23,25). The lowest BCUT2D eigenvalue weighted by Crippen LogP contribution is -2.47. The summed E-state index contributed by atoms with van der Waals surface area (Å²) >= 11 is 1.31. The van der Waals surface area contributed by atoms with Crippen LogP contribution in [0.3, 0.4) is 0 Å². The Labute approximate surface area is 168 Å². The van der Waals surface area contributed by atoms with Crippen molar-refractivity contribution in [2.24, 2.45) is 0 Å². The van der Waals surface area contributed by atoms with Crippen molar-refractivity contribution < 1.29 is 14.4 Å². The molecule has 0 saturated heterocycles. The van der Waals surface area contributed by atoms with Gasteiger partial charge in [-0.25, -0.2) is 0 Å². The van der Waals surface area contributed by atoms with E-state index in [2.05, 4.69) is 15.6 Å². The van der Waals surface area contributed by atoms with E-state index in [1.165, 1.54) is 28.9 Å². The molecule has 2 N–H and O–H groups in total. The first-order valence-electron chi connectivity index (χ1n) is 9.45. The molecule has 0 spiro atoms. The molecule has 28 heavy (non-hydrogen) atoms. The van der Waals surface area contributed by atoms with Crippen molar-refractivity contribution in [3.05, 3.63) is 46.9 Å². The van der Waals surface area contributed by atoms with E-state index in [0.717, 1.165) is 25.7 Å². The highest BCUT2D eigenvalue weighted by atomic mass is 32.1. The van der Waals surface area contributed by atoms with Crippen molar-refractivity contribution in [1.29, 1.82) is 0 Å². The molecule has 148 valence electrons. The average molecular weight is 401 g/mol. The van der Waals surface area contributed by atoms with Crippen molar-refractivity contribution in [1.82, 2.24) is 15.6 Å². The molecular weight excluding hydrogens is 376 g/mol. The van der Waals surface area contributed by atoms with Gasteiger partial charge in [-0.15, -0.1) is 11.3 Å². The Morgan fingerprint density at radius 1 is 1.14 bits per heavy atom. The molecule has 3 rings (SSSR count). The highest BCUT2D eigenvalue weighted by Gasteiger charge is 2.22. The fraction of sp³-hybridized carbons (Fsp3) is 0.400. The summed E-state index contributed by atoms with van der Waals surface area (Å²) < 4.78 is 0. The zero-order valence-electron chi connectivity index (χ0n) is 15.6. The predicted octanol–water partition coefficient (Wildman–Crippen LogP) is 2.36. The summed E-state index contributed by atoms with van der Waals surface area (Å²) in [6.07, 6.45) is 8.53. The molecule has 0 aromatic carbocycles. The van der Waals surface area contributed by atoms with Crippen molar-refractivity contribution in [2.75, 3.05) is 18.0 Å². The van der Waals surface area contributed by atoms with Crippen LogP contribution >= 0.6 is 11.3 Å². The normalized spacial score (nSPS) is 14.3. The molecule has 2 heterocycles. The number of hydrogen-bond acceptors (Lipinski definition) is 5. The van der Waals surface area contributed by atoms with Crippen LogP contribution in [0.15, 0.2) is 42.0 Å². The van der Waals surface area contributed by atoms with E-state index in [4.69, 9.17) is 0 Å². The van der Waals surface area contributed by atoms with Gasteiger partial charge < -0.3 is 10.6 Å². The number of hydrogen-bond donors (Lipinski definition) is 2. The molecule has 2 aromatic rings. The van der Waals surface area contributed by atoms with Crippen LogP contribution < -0.4 is 15.5 Å². The Morgan fingerprint density at radius 2 is 1.96 bits per heavy atom. The molecule has 1 fully saturated rings. The minimum absolute atomic E-state index is 0.101. The van der Waals surface area contributed by atoms with Gasteiger partial charge in [0.1, 0.15) is 6.54 Å². The Hall–Kier alpha value is -2.74. The summed E-state index contributed by atoms with van der Waals surface area (Å²) in [4.78, 5) is 43.3. The third-order valence-corrected chi connectivity index (χ3v) is 5.54. The predicted molar refractivity (Wildman–Crippen MR) is 108 cm³/mol. The van der Waals surface area contributed by atoms with Crippen LogP contribution in [-0.4, -0.2) is 41.8 Å². The quantitative estimate of drug-likeness (QED) is 0.746. The molecular formula is C20H24N4O3S. The van der Waals surface area contributed by atoms with Crippen molar-refractivity contribution >= 4 is 34.7 Å². The van der Waals surface area contributed by atoms with Gasteiger partial charge in [0.2, 0.25) is 11.8 Å². The zero-order chi connectivity index (χ0) is 19.8. The molecule has 1 aliphatic rings. The largest absolute Gasteiger partial charge is 0.352 e. The highest BCUT2D eigenvalue weighted by Crippen LogP contribution is 2.18. The summed E-state index contributed by atoms with van der Waals surface area (Å²) in [6.45, 7) is -0.293. The molecule has 2 aromatic heterocycles. The smallest absolute Gasteiger partial charge is 0.261 e. The van der Waals surface area contributed by atoms with Gasteiger partial charge in [0.15, 0.2) is 0 Å². The monoisotopic (exact) mass is 400 g/mol. The number of aromatic nitrogens is 1. The maximum atomic E-state index is 12.8. The fourth-order valence-corrected chi connectivity index (χ4v) is 3.89. The summed E-state index contributed by atoms with van der Waals surface area (Å²) in [5.41, 5.74) is 0.525. The van der Waals surface area contributed by atoms with Gasteiger partial charge in [-0.2, -0.15) is 0 Å². The average Bonchev–Trinajstić information content (AvgIpc) is 3.26. The van der Waals surface area contributed by atoms with Crippen LogP contribution in [0, 0.1) is 0 Å². The second-order valence-electron chi connectivity index (χ2n) is 6.75. The number of rotatable bonds is 7. The number of carbonyl (C=O) groups is 3. The van der Waals surface area contributed by atoms with E-state index in [9.17, 15) is 14.4 Å². The van der Waals surface area contributed by atoms with E-state index in [1.807, 2.05) is 0 Å². The van der Waals surface area contributed by atoms with Gasteiger partial charge in [-0.3, -0.25) is 24.3 Å². The van der Waals surface area contributed by atoms with Crippen LogP contribution in [0.25, 0.3) is 0 Å². The maximum Gasteiger partial charge on any atom is 0.261 e. The summed E-state index contributed by atoms with van der Waals surface area (Å²) in [7, 11) is 0. The third-order valence-electron chi connectivity index (χ3n) is 4.68.